The summed E-state index contributed by atoms with van der Waals surface area (Å²) in [5.41, 5.74) is 4.14. The van der Waals surface area contributed by atoms with Crippen molar-refractivity contribution in [3.63, 3.8) is 0 Å². The molecule has 3 heterocycles. The number of nitrogens with one attached hydrogen (secondary N) is 1. The topological polar surface area (TPSA) is 82.6 Å². The summed E-state index contributed by atoms with van der Waals surface area (Å²) in [5, 5.41) is 3.98. The lowest BCUT2D eigenvalue weighted by Gasteiger charge is -2.21. The van der Waals surface area contributed by atoms with Gasteiger partial charge in [0, 0.05) is 48.5 Å². The Hall–Kier alpha value is -3.97. The predicted octanol–water partition coefficient (Wildman–Crippen LogP) is 5.64. The third kappa shape index (κ3) is 6.47. The normalized spacial score (nSPS) is 13.8. The minimum absolute atomic E-state index is 0.124. The maximum absolute atomic E-state index is 12.7. The van der Waals surface area contributed by atoms with Crippen molar-refractivity contribution >= 4 is 16.8 Å². The van der Waals surface area contributed by atoms with Crippen LogP contribution in [-0.2, 0) is 18.0 Å². The molecule has 1 aliphatic rings. The minimum Gasteiger partial charge on any atom is -0.488 e. The number of hydrogen-bond acceptors (Lipinski definition) is 6. The van der Waals surface area contributed by atoms with Crippen molar-refractivity contribution in [3.8, 4) is 11.6 Å². The van der Waals surface area contributed by atoms with Crippen molar-refractivity contribution in [2.45, 2.75) is 39.4 Å². The number of carbonyl (C=O) groups is 1. The quantitative estimate of drug-likeness (QED) is 0.297. The third-order valence-corrected chi connectivity index (χ3v) is 6.94. The van der Waals surface area contributed by atoms with Crippen molar-refractivity contribution in [2.75, 3.05) is 19.8 Å². The Bertz CT molecular complexity index is 1370. The summed E-state index contributed by atoms with van der Waals surface area (Å²) in [6.45, 7) is 4.94. The third-order valence-electron chi connectivity index (χ3n) is 6.94. The van der Waals surface area contributed by atoms with Crippen LogP contribution in [0.4, 0.5) is 0 Å². The highest BCUT2D eigenvalue weighted by atomic mass is 16.5. The van der Waals surface area contributed by atoms with Crippen molar-refractivity contribution in [2.24, 2.45) is 5.92 Å². The summed E-state index contributed by atoms with van der Waals surface area (Å²) in [6, 6.07) is 21.4. The number of fused-ring (bicyclic) bond motifs is 1. The van der Waals surface area contributed by atoms with Gasteiger partial charge in [-0.1, -0.05) is 42.5 Å². The number of aromatic nitrogens is 2. The van der Waals surface area contributed by atoms with Crippen LogP contribution in [0.1, 0.15) is 46.4 Å². The Kier molecular flexibility index (Phi) is 8.46. The van der Waals surface area contributed by atoms with Crippen LogP contribution in [0.2, 0.25) is 0 Å². The molecule has 1 saturated heterocycles. The summed E-state index contributed by atoms with van der Waals surface area (Å²) in [6.07, 6.45) is 4.68. The molecule has 1 amide bonds. The molecule has 0 bridgehead atoms. The van der Waals surface area contributed by atoms with Gasteiger partial charge in [-0.15, -0.1) is 0 Å². The van der Waals surface area contributed by atoms with Gasteiger partial charge in [-0.25, -0.2) is 9.97 Å². The minimum atomic E-state index is -0.124. The van der Waals surface area contributed by atoms with Gasteiger partial charge in [0.1, 0.15) is 19.0 Å². The number of benzene rings is 2. The Morgan fingerprint density at radius 1 is 1.00 bits per heavy atom. The maximum Gasteiger partial charge on any atom is 0.251 e. The smallest absolute Gasteiger partial charge is 0.251 e. The van der Waals surface area contributed by atoms with E-state index in [9.17, 15) is 4.79 Å². The van der Waals surface area contributed by atoms with E-state index in [4.69, 9.17) is 19.2 Å². The van der Waals surface area contributed by atoms with E-state index in [2.05, 4.69) is 10.3 Å². The highest BCUT2D eigenvalue weighted by molar-refractivity contribution is 5.94. The number of rotatable bonds is 10. The number of carbonyl (C=O) groups excluding carboxylic acids is 1. The SMILES string of the molecule is Cc1c(COc2cc(C(=O)NCCC3CCOCC3)ccn2)nc2ccccc2c1OCc1ccccc1. The van der Waals surface area contributed by atoms with Crippen molar-refractivity contribution in [1.29, 1.82) is 0 Å². The fourth-order valence-electron chi connectivity index (χ4n) is 4.68. The summed E-state index contributed by atoms with van der Waals surface area (Å²) >= 11 is 0. The van der Waals surface area contributed by atoms with Crippen LogP contribution in [-0.4, -0.2) is 35.6 Å². The number of amides is 1. The lowest BCUT2D eigenvalue weighted by molar-refractivity contribution is 0.0636. The Balaban J connectivity index is 1.25. The molecule has 0 unspecified atom stereocenters. The van der Waals surface area contributed by atoms with Gasteiger partial charge in [-0.05, 0) is 55.9 Å². The Morgan fingerprint density at radius 2 is 1.79 bits per heavy atom. The molecular weight excluding hydrogens is 478 g/mol. The van der Waals surface area contributed by atoms with Gasteiger partial charge in [-0.2, -0.15) is 0 Å². The molecule has 0 atom stereocenters. The van der Waals surface area contributed by atoms with E-state index in [0.717, 1.165) is 65.9 Å². The zero-order valence-electron chi connectivity index (χ0n) is 21.7. The molecular formula is C31H33N3O4. The van der Waals surface area contributed by atoms with Crippen molar-refractivity contribution in [3.05, 3.63) is 95.3 Å². The van der Waals surface area contributed by atoms with Gasteiger partial charge in [0.2, 0.25) is 5.88 Å². The maximum atomic E-state index is 12.7. The van der Waals surface area contributed by atoms with Gasteiger partial charge < -0.3 is 19.5 Å². The number of pyridine rings is 2. The van der Waals surface area contributed by atoms with Crippen LogP contribution in [0.15, 0.2) is 72.9 Å². The van der Waals surface area contributed by atoms with Gasteiger partial charge in [0.15, 0.2) is 0 Å². The first-order valence-electron chi connectivity index (χ1n) is 13.2. The van der Waals surface area contributed by atoms with E-state index < -0.39 is 0 Å². The zero-order valence-corrected chi connectivity index (χ0v) is 21.7. The highest BCUT2D eigenvalue weighted by Gasteiger charge is 2.16. The van der Waals surface area contributed by atoms with E-state index in [1.54, 1.807) is 18.3 Å². The van der Waals surface area contributed by atoms with Crippen LogP contribution in [0.25, 0.3) is 10.9 Å². The molecule has 0 saturated carbocycles. The first kappa shape index (κ1) is 25.7. The van der Waals surface area contributed by atoms with Crippen molar-refractivity contribution < 1.29 is 19.0 Å². The standard InChI is InChI=1S/C31H33N3O4/c1-22-28(34-27-10-6-5-9-26(27)30(22)38-20-24-7-3-2-4-8-24)21-37-29-19-25(12-16-32-29)31(35)33-15-11-23-13-17-36-18-14-23/h2-10,12,16,19,23H,11,13-15,17-18,20-21H2,1H3,(H,33,35). The summed E-state index contributed by atoms with van der Waals surface area (Å²) in [7, 11) is 0. The second kappa shape index (κ2) is 12.5. The van der Waals surface area contributed by atoms with Crippen LogP contribution in [0.5, 0.6) is 11.6 Å². The van der Waals surface area contributed by atoms with Crippen LogP contribution >= 0.6 is 0 Å². The molecule has 1 aliphatic heterocycles. The second-order valence-electron chi connectivity index (χ2n) is 9.58. The molecule has 196 valence electrons. The molecule has 38 heavy (non-hydrogen) atoms. The van der Waals surface area contributed by atoms with Crippen LogP contribution in [0, 0.1) is 12.8 Å². The van der Waals surface area contributed by atoms with E-state index in [1.165, 1.54) is 0 Å². The molecule has 2 aromatic carbocycles. The van der Waals surface area contributed by atoms with Gasteiger partial charge in [-0.3, -0.25) is 4.79 Å². The fourth-order valence-corrected chi connectivity index (χ4v) is 4.68. The molecule has 0 aliphatic carbocycles. The summed E-state index contributed by atoms with van der Waals surface area (Å²) in [4.78, 5) is 21.8. The fraction of sp³-hybridized carbons (Fsp3) is 0.323. The van der Waals surface area contributed by atoms with Gasteiger partial charge in [0.05, 0.1) is 11.2 Å². The average molecular weight is 512 g/mol. The molecule has 7 nitrogen and oxygen atoms in total. The molecule has 0 radical (unpaired) electrons. The van der Waals surface area contributed by atoms with E-state index in [0.29, 0.717) is 30.5 Å². The lowest BCUT2D eigenvalue weighted by atomic mass is 9.97. The predicted molar refractivity (Wildman–Crippen MR) is 146 cm³/mol. The van der Waals surface area contributed by atoms with Crippen molar-refractivity contribution in [1.82, 2.24) is 15.3 Å². The Labute approximate surface area is 223 Å². The largest absolute Gasteiger partial charge is 0.488 e. The van der Waals surface area contributed by atoms with Crippen LogP contribution in [0.3, 0.4) is 0 Å². The second-order valence-corrected chi connectivity index (χ2v) is 9.58. The molecule has 4 aromatic rings. The first-order valence-corrected chi connectivity index (χ1v) is 13.2. The van der Waals surface area contributed by atoms with E-state index in [-0.39, 0.29) is 12.5 Å². The summed E-state index contributed by atoms with van der Waals surface area (Å²) in [5.74, 6) is 1.66. The van der Waals surface area contributed by atoms with Gasteiger partial charge in [0.25, 0.3) is 5.91 Å². The molecule has 7 heteroatoms. The van der Waals surface area contributed by atoms with Crippen LogP contribution < -0.4 is 14.8 Å². The number of para-hydroxylation sites is 1. The first-order chi connectivity index (χ1) is 18.7. The number of hydrogen-bond donors (Lipinski definition) is 1. The van der Waals surface area contributed by atoms with E-state index >= 15 is 0 Å². The number of ether oxygens (including phenoxy) is 3. The summed E-state index contributed by atoms with van der Waals surface area (Å²) < 4.78 is 17.7. The average Bonchev–Trinajstić information content (AvgIpc) is 2.97. The Morgan fingerprint density at radius 3 is 2.63 bits per heavy atom. The highest BCUT2D eigenvalue weighted by Crippen LogP contribution is 2.31. The number of nitrogens with zero attached hydrogens (tertiary/aromatic N) is 2. The molecule has 0 spiro atoms. The monoisotopic (exact) mass is 511 g/mol. The molecule has 2 aromatic heterocycles. The molecule has 1 fully saturated rings. The lowest BCUT2D eigenvalue weighted by Crippen LogP contribution is -2.27. The van der Waals surface area contributed by atoms with E-state index in [1.807, 2.05) is 61.5 Å². The molecule has 1 N–H and O–H groups in total. The van der Waals surface area contributed by atoms with Gasteiger partial charge >= 0.3 is 0 Å². The zero-order chi connectivity index (χ0) is 26.2. The molecule has 5 rings (SSSR count).